The second-order valence-corrected chi connectivity index (χ2v) is 17.4. The fraction of sp³-hybridized carbons (Fsp3) is 0.800. The van der Waals surface area contributed by atoms with E-state index in [1.807, 2.05) is 27.2 Å². The molecule has 3 atom stereocenters. The first kappa shape index (κ1) is 52.5. The Balaban J connectivity index is 4.49. The molecular formula is C45H85N2O6P. The van der Waals surface area contributed by atoms with Gasteiger partial charge in [0.1, 0.15) is 13.2 Å². The molecule has 0 aromatic rings. The van der Waals surface area contributed by atoms with E-state index in [0.29, 0.717) is 17.4 Å². The van der Waals surface area contributed by atoms with E-state index in [-0.39, 0.29) is 12.5 Å². The topological polar surface area (TPSA) is 108 Å². The Morgan fingerprint density at radius 1 is 0.648 bits per heavy atom. The average molecular weight is 781 g/mol. The maximum absolute atomic E-state index is 12.8. The van der Waals surface area contributed by atoms with Crippen LogP contribution >= 0.6 is 7.82 Å². The third-order valence-electron chi connectivity index (χ3n) is 9.49. The van der Waals surface area contributed by atoms with Gasteiger partial charge in [-0.1, -0.05) is 165 Å². The Bertz CT molecular complexity index is 1020. The van der Waals surface area contributed by atoms with Crippen molar-refractivity contribution in [3.63, 3.8) is 0 Å². The summed E-state index contributed by atoms with van der Waals surface area (Å²) in [6.07, 6.45) is 45.9. The molecule has 9 heteroatoms. The molecule has 0 aliphatic heterocycles. The van der Waals surface area contributed by atoms with Crippen LogP contribution in [0.2, 0.25) is 0 Å². The predicted molar refractivity (Wildman–Crippen MR) is 228 cm³/mol. The van der Waals surface area contributed by atoms with Crippen LogP contribution in [0.4, 0.5) is 0 Å². The number of phosphoric ester groups is 1. The predicted octanol–water partition coefficient (Wildman–Crippen LogP) is 11.4. The number of quaternary nitrogens is 1. The molecule has 54 heavy (non-hydrogen) atoms. The minimum absolute atomic E-state index is 0.0106. The molecule has 1 amide bonds. The third-order valence-corrected chi connectivity index (χ3v) is 10.5. The largest absolute Gasteiger partial charge is 0.756 e. The number of carbonyl (C=O) groups is 1. The van der Waals surface area contributed by atoms with Crippen molar-refractivity contribution < 1.29 is 32.9 Å². The van der Waals surface area contributed by atoms with Crippen LogP contribution in [0.5, 0.6) is 0 Å². The van der Waals surface area contributed by atoms with Crippen molar-refractivity contribution in [1.29, 1.82) is 0 Å². The van der Waals surface area contributed by atoms with Gasteiger partial charge in [0.15, 0.2) is 0 Å². The molecule has 2 N–H and O–H groups in total. The van der Waals surface area contributed by atoms with E-state index in [1.54, 1.807) is 6.08 Å². The summed E-state index contributed by atoms with van der Waals surface area (Å²) in [7, 11) is 1.23. The van der Waals surface area contributed by atoms with Gasteiger partial charge in [-0.15, -0.1) is 0 Å². The summed E-state index contributed by atoms with van der Waals surface area (Å²) in [5.41, 5.74) is 0. The number of nitrogens with zero attached hydrogens (tertiary/aromatic N) is 1. The quantitative estimate of drug-likeness (QED) is 0.0278. The van der Waals surface area contributed by atoms with Crippen LogP contribution in [0.25, 0.3) is 0 Å². The standard InChI is InChI=1S/C45H85N2O6P/c1-6-8-10-12-14-16-18-20-21-22-23-24-25-27-28-30-32-34-36-38-44(48)43(42-53-54(50,51)52-41-40-47(3,4)5)46-45(49)39-37-35-33-31-29-26-19-17-15-13-11-9-7-2/h11,13,17,19,28,30,36,38,43-44,48H,6-10,12,14-16,18,20-27,29,31-35,37,39-42H2,1-5H3,(H-,46,49,50,51)/b13-11-,19-17-,30-28+,38-36+. The number of amides is 1. The molecule has 0 heterocycles. The molecule has 316 valence electrons. The van der Waals surface area contributed by atoms with Gasteiger partial charge in [-0.05, 0) is 57.8 Å². The number of allylic oxidation sites excluding steroid dienone is 7. The highest BCUT2D eigenvalue weighted by molar-refractivity contribution is 7.45. The highest BCUT2D eigenvalue weighted by Crippen LogP contribution is 2.38. The molecule has 0 rings (SSSR count). The zero-order valence-corrected chi connectivity index (χ0v) is 36.6. The summed E-state index contributed by atoms with van der Waals surface area (Å²) in [6, 6.07) is -0.910. The van der Waals surface area contributed by atoms with Crippen molar-refractivity contribution in [2.75, 3.05) is 40.9 Å². The second-order valence-electron chi connectivity index (χ2n) is 16.0. The Morgan fingerprint density at radius 3 is 1.69 bits per heavy atom. The lowest BCUT2D eigenvalue weighted by atomic mass is 10.0. The molecule has 0 saturated heterocycles. The zero-order valence-electron chi connectivity index (χ0n) is 35.7. The number of rotatable bonds is 39. The Labute approximate surface area is 333 Å². The molecule has 0 spiro atoms. The summed E-state index contributed by atoms with van der Waals surface area (Å²) in [5.74, 6) is -0.224. The number of aliphatic hydroxyl groups is 1. The molecule has 0 fully saturated rings. The smallest absolute Gasteiger partial charge is 0.268 e. The molecular weight excluding hydrogens is 695 g/mol. The number of hydrogen-bond donors (Lipinski definition) is 2. The first-order chi connectivity index (χ1) is 26.0. The van der Waals surface area contributed by atoms with E-state index in [0.717, 1.165) is 70.6 Å². The number of unbranched alkanes of at least 4 members (excludes halogenated alkanes) is 20. The molecule has 3 unspecified atom stereocenters. The van der Waals surface area contributed by atoms with Gasteiger partial charge in [-0.25, -0.2) is 0 Å². The molecule has 0 bridgehead atoms. The number of likely N-dealkylation sites (N-methyl/N-ethyl adjacent to an activating group) is 1. The fourth-order valence-electron chi connectivity index (χ4n) is 5.97. The molecule has 8 nitrogen and oxygen atoms in total. The maximum Gasteiger partial charge on any atom is 0.268 e. The monoisotopic (exact) mass is 781 g/mol. The van der Waals surface area contributed by atoms with Crippen molar-refractivity contribution in [3.05, 3.63) is 48.6 Å². The summed E-state index contributed by atoms with van der Waals surface area (Å²) in [6.45, 7) is 4.54. The van der Waals surface area contributed by atoms with Crippen molar-refractivity contribution in [2.24, 2.45) is 0 Å². The van der Waals surface area contributed by atoms with E-state index in [2.05, 4.69) is 55.6 Å². The van der Waals surface area contributed by atoms with E-state index >= 15 is 0 Å². The van der Waals surface area contributed by atoms with E-state index in [1.165, 1.54) is 89.9 Å². The number of phosphoric acid groups is 1. The van der Waals surface area contributed by atoms with Crippen LogP contribution in [-0.2, 0) is 18.4 Å². The minimum Gasteiger partial charge on any atom is -0.756 e. The fourth-order valence-corrected chi connectivity index (χ4v) is 6.69. The van der Waals surface area contributed by atoms with Gasteiger partial charge < -0.3 is 28.8 Å². The SMILES string of the molecule is CCC/C=C\C/C=C\CCCCCCCC(=O)NC(COP(=O)([O-])OCC[N+](C)(C)C)C(O)/C=C/CC/C=C/CCCCCCCCCCCCCCC. The average Bonchev–Trinajstić information content (AvgIpc) is 3.12. The number of hydrogen-bond acceptors (Lipinski definition) is 6. The Kier molecular flexibility index (Phi) is 36.0. The lowest BCUT2D eigenvalue weighted by molar-refractivity contribution is -0.870. The maximum atomic E-state index is 12.8. The van der Waals surface area contributed by atoms with E-state index in [9.17, 15) is 19.4 Å². The van der Waals surface area contributed by atoms with Gasteiger partial charge in [0, 0.05) is 6.42 Å². The van der Waals surface area contributed by atoms with Gasteiger partial charge in [0.25, 0.3) is 7.82 Å². The van der Waals surface area contributed by atoms with Crippen LogP contribution in [0, 0.1) is 0 Å². The summed E-state index contributed by atoms with van der Waals surface area (Å²) >= 11 is 0. The van der Waals surface area contributed by atoms with Gasteiger partial charge in [0.2, 0.25) is 5.91 Å². The van der Waals surface area contributed by atoms with Gasteiger partial charge in [-0.2, -0.15) is 0 Å². The molecule has 0 radical (unpaired) electrons. The first-order valence-electron chi connectivity index (χ1n) is 22.0. The van der Waals surface area contributed by atoms with Crippen LogP contribution < -0.4 is 10.2 Å². The van der Waals surface area contributed by atoms with Crippen molar-refractivity contribution in [2.45, 2.75) is 193 Å². The van der Waals surface area contributed by atoms with Crippen molar-refractivity contribution in [1.82, 2.24) is 5.32 Å². The Morgan fingerprint density at radius 2 is 1.13 bits per heavy atom. The Hall–Kier alpha value is -1.54. The van der Waals surface area contributed by atoms with Gasteiger partial charge in [-0.3, -0.25) is 9.36 Å². The summed E-state index contributed by atoms with van der Waals surface area (Å²) < 4.78 is 23.1. The van der Waals surface area contributed by atoms with E-state index < -0.39 is 26.6 Å². The second kappa shape index (κ2) is 37.1. The van der Waals surface area contributed by atoms with Gasteiger partial charge in [0.05, 0.1) is 39.9 Å². The van der Waals surface area contributed by atoms with Crippen LogP contribution in [-0.4, -0.2) is 68.5 Å². The lowest BCUT2D eigenvalue weighted by Gasteiger charge is -2.29. The number of aliphatic hydroxyl groups excluding tert-OH is 1. The highest BCUT2D eigenvalue weighted by Gasteiger charge is 2.23. The van der Waals surface area contributed by atoms with Crippen LogP contribution in [0.15, 0.2) is 48.6 Å². The summed E-state index contributed by atoms with van der Waals surface area (Å²) in [4.78, 5) is 25.2. The van der Waals surface area contributed by atoms with E-state index in [4.69, 9.17) is 9.05 Å². The molecule has 0 aliphatic rings. The van der Waals surface area contributed by atoms with Crippen molar-refractivity contribution >= 4 is 13.7 Å². The highest BCUT2D eigenvalue weighted by atomic mass is 31.2. The summed E-state index contributed by atoms with van der Waals surface area (Å²) in [5, 5.41) is 13.7. The molecule has 0 saturated carbocycles. The zero-order chi connectivity index (χ0) is 40.0. The van der Waals surface area contributed by atoms with Gasteiger partial charge >= 0.3 is 0 Å². The minimum atomic E-state index is -4.60. The van der Waals surface area contributed by atoms with Crippen molar-refractivity contribution in [3.8, 4) is 0 Å². The first-order valence-corrected chi connectivity index (χ1v) is 23.5. The third kappa shape index (κ3) is 38.7. The molecule has 0 aromatic carbocycles. The van der Waals surface area contributed by atoms with Crippen LogP contribution in [0.3, 0.4) is 0 Å². The molecule has 0 aliphatic carbocycles. The van der Waals surface area contributed by atoms with Crippen LogP contribution in [0.1, 0.15) is 181 Å². The normalized spacial score (nSPS) is 14.9. The number of nitrogens with one attached hydrogen (secondary N) is 1. The molecule has 0 aromatic heterocycles. The lowest BCUT2D eigenvalue weighted by Crippen LogP contribution is -2.45. The number of carbonyl (C=O) groups excluding carboxylic acids is 1.